The van der Waals surface area contributed by atoms with Crippen LogP contribution in [0.4, 0.5) is 5.69 Å². The van der Waals surface area contributed by atoms with Gasteiger partial charge in [-0.1, -0.05) is 25.6 Å². The molecule has 0 spiro atoms. The first-order chi connectivity index (χ1) is 9.42. The highest BCUT2D eigenvalue weighted by Gasteiger charge is 2.07. The Labute approximate surface area is 121 Å². The minimum atomic E-state index is -1.32. The highest BCUT2D eigenvalue weighted by molar-refractivity contribution is 6.83. The molecule has 0 bridgehead atoms. The van der Waals surface area contributed by atoms with Crippen LogP contribution in [0.1, 0.15) is 11.3 Å². The summed E-state index contributed by atoms with van der Waals surface area (Å²) >= 11 is 0. The molecule has 2 heterocycles. The van der Waals surface area contributed by atoms with E-state index in [0.717, 1.165) is 16.9 Å². The summed E-state index contributed by atoms with van der Waals surface area (Å²) in [5, 5.41) is 7.39. The van der Waals surface area contributed by atoms with Crippen LogP contribution in [0.5, 0.6) is 0 Å². The maximum Gasteiger partial charge on any atom is 0.129 e. The average Bonchev–Trinajstić information content (AvgIpc) is 2.80. The molecule has 0 atom stereocenters. The van der Waals surface area contributed by atoms with Gasteiger partial charge in [0.15, 0.2) is 0 Å². The van der Waals surface area contributed by atoms with E-state index < -0.39 is 8.07 Å². The van der Waals surface area contributed by atoms with E-state index in [1.807, 2.05) is 31.6 Å². The molecular formula is C15H20N4Si. The second-order valence-corrected chi connectivity index (χ2v) is 10.5. The van der Waals surface area contributed by atoms with Gasteiger partial charge in [-0.2, -0.15) is 5.10 Å². The number of hydrogen-bond donors (Lipinski definition) is 1. The van der Waals surface area contributed by atoms with Crippen molar-refractivity contribution in [2.24, 2.45) is 7.05 Å². The predicted molar refractivity (Wildman–Crippen MR) is 85.0 cm³/mol. The Kier molecular flexibility index (Phi) is 4.25. The van der Waals surface area contributed by atoms with Crippen molar-refractivity contribution in [2.75, 3.05) is 5.32 Å². The fourth-order valence-electron chi connectivity index (χ4n) is 1.57. The molecule has 1 N–H and O–H groups in total. The fourth-order valence-corrected chi connectivity index (χ4v) is 2.09. The largest absolute Gasteiger partial charge is 0.377 e. The molecule has 0 aliphatic carbocycles. The Bertz CT molecular complexity index is 626. The van der Waals surface area contributed by atoms with Crippen LogP contribution in [0.3, 0.4) is 0 Å². The van der Waals surface area contributed by atoms with Crippen molar-refractivity contribution in [3.05, 3.63) is 42.0 Å². The molecular weight excluding hydrogens is 264 g/mol. The maximum atomic E-state index is 4.42. The molecule has 20 heavy (non-hydrogen) atoms. The highest BCUT2D eigenvalue weighted by atomic mass is 28.3. The molecule has 5 heteroatoms. The number of pyridine rings is 1. The third kappa shape index (κ3) is 4.56. The molecule has 4 nitrogen and oxygen atoms in total. The van der Waals surface area contributed by atoms with Crippen LogP contribution in [0.25, 0.3) is 0 Å². The monoisotopic (exact) mass is 284 g/mol. The lowest BCUT2D eigenvalue weighted by molar-refractivity contribution is 0.768. The average molecular weight is 284 g/mol. The SMILES string of the molecule is Cn1cc(NCc2ccc(C#C[Si](C)(C)C)cn2)cn1. The van der Waals surface area contributed by atoms with Gasteiger partial charge >= 0.3 is 0 Å². The topological polar surface area (TPSA) is 42.7 Å². The van der Waals surface area contributed by atoms with Gasteiger partial charge in [0.1, 0.15) is 8.07 Å². The minimum absolute atomic E-state index is 0.688. The van der Waals surface area contributed by atoms with E-state index in [1.165, 1.54) is 0 Å². The van der Waals surface area contributed by atoms with E-state index in [0.29, 0.717) is 6.54 Å². The van der Waals surface area contributed by atoms with Crippen molar-refractivity contribution in [2.45, 2.75) is 26.2 Å². The first-order valence-electron chi connectivity index (χ1n) is 6.63. The molecule has 2 aromatic rings. The van der Waals surface area contributed by atoms with Gasteiger partial charge < -0.3 is 5.32 Å². The first-order valence-corrected chi connectivity index (χ1v) is 10.1. The summed E-state index contributed by atoms with van der Waals surface area (Å²) < 4.78 is 1.77. The standard InChI is InChI=1S/C15H20N4Si/c1-19-12-15(11-18-19)17-10-14-6-5-13(9-16-14)7-8-20(2,3)4/h5-6,9,11-12,17H,10H2,1-4H3. The summed E-state index contributed by atoms with van der Waals surface area (Å²) in [5.41, 5.74) is 6.31. The Morgan fingerprint density at radius 1 is 1.25 bits per heavy atom. The van der Waals surface area contributed by atoms with E-state index in [1.54, 1.807) is 10.9 Å². The van der Waals surface area contributed by atoms with Gasteiger partial charge in [0.25, 0.3) is 0 Å². The third-order valence-corrected chi connectivity index (χ3v) is 3.46. The van der Waals surface area contributed by atoms with E-state index in [2.05, 4.69) is 46.5 Å². The predicted octanol–water partition coefficient (Wildman–Crippen LogP) is 2.66. The van der Waals surface area contributed by atoms with Gasteiger partial charge in [-0.05, 0) is 12.1 Å². The lowest BCUT2D eigenvalue weighted by Gasteiger charge is -2.04. The first kappa shape index (κ1) is 14.3. The zero-order valence-corrected chi connectivity index (χ0v) is 13.4. The smallest absolute Gasteiger partial charge is 0.129 e. The molecule has 2 rings (SSSR count). The van der Waals surface area contributed by atoms with E-state index >= 15 is 0 Å². The molecule has 2 aromatic heterocycles. The van der Waals surface area contributed by atoms with Gasteiger partial charge in [-0.25, -0.2) is 0 Å². The number of nitrogens with one attached hydrogen (secondary N) is 1. The van der Waals surface area contributed by atoms with Gasteiger partial charge in [0, 0.05) is 25.0 Å². The lowest BCUT2D eigenvalue weighted by Crippen LogP contribution is -2.16. The van der Waals surface area contributed by atoms with Crippen molar-refractivity contribution < 1.29 is 0 Å². The number of hydrogen-bond acceptors (Lipinski definition) is 3. The maximum absolute atomic E-state index is 4.42. The second kappa shape index (κ2) is 5.93. The molecule has 0 aliphatic heterocycles. The van der Waals surface area contributed by atoms with Crippen molar-refractivity contribution in [1.29, 1.82) is 0 Å². The van der Waals surface area contributed by atoms with Gasteiger partial charge in [-0.15, -0.1) is 5.54 Å². The minimum Gasteiger partial charge on any atom is -0.377 e. The van der Waals surface area contributed by atoms with Crippen molar-refractivity contribution >= 4 is 13.8 Å². The van der Waals surface area contributed by atoms with Crippen LogP contribution in [0.2, 0.25) is 19.6 Å². The molecule has 0 amide bonds. The summed E-state index contributed by atoms with van der Waals surface area (Å²) in [7, 11) is 0.577. The summed E-state index contributed by atoms with van der Waals surface area (Å²) in [6.07, 6.45) is 5.58. The molecule has 0 aliphatic rings. The second-order valence-electron chi connectivity index (χ2n) is 5.79. The summed E-state index contributed by atoms with van der Waals surface area (Å²) in [6, 6.07) is 4.04. The van der Waals surface area contributed by atoms with Crippen LogP contribution in [-0.4, -0.2) is 22.8 Å². The Morgan fingerprint density at radius 2 is 2.05 bits per heavy atom. The Hall–Kier alpha value is -2.06. The van der Waals surface area contributed by atoms with Gasteiger partial charge in [0.2, 0.25) is 0 Å². The summed E-state index contributed by atoms with van der Waals surface area (Å²) in [4.78, 5) is 4.42. The lowest BCUT2D eigenvalue weighted by atomic mass is 10.2. The summed E-state index contributed by atoms with van der Waals surface area (Å²) in [6.45, 7) is 7.40. The number of nitrogens with zero attached hydrogens (tertiary/aromatic N) is 3. The number of rotatable bonds is 3. The van der Waals surface area contributed by atoms with Crippen LogP contribution in [-0.2, 0) is 13.6 Å². The van der Waals surface area contributed by atoms with Gasteiger partial charge in [0.05, 0.1) is 24.1 Å². The molecule has 0 saturated heterocycles. The van der Waals surface area contributed by atoms with E-state index in [4.69, 9.17) is 0 Å². The van der Waals surface area contributed by atoms with E-state index in [-0.39, 0.29) is 0 Å². The normalized spacial score (nSPS) is 10.8. The molecule has 0 radical (unpaired) electrons. The van der Waals surface area contributed by atoms with Crippen molar-refractivity contribution in [3.8, 4) is 11.5 Å². The third-order valence-electron chi connectivity index (χ3n) is 2.59. The number of aryl methyl sites for hydroxylation is 1. The summed E-state index contributed by atoms with van der Waals surface area (Å²) in [5.74, 6) is 3.20. The van der Waals surface area contributed by atoms with Crippen molar-refractivity contribution in [3.63, 3.8) is 0 Å². The molecule has 0 unspecified atom stereocenters. The Morgan fingerprint density at radius 3 is 2.60 bits per heavy atom. The molecule has 104 valence electrons. The fraction of sp³-hybridized carbons (Fsp3) is 0.333. The Balaban J connectivity index is 1.96. The quantitative estimate of drug-likeness (QED) is 0.696. The van der Waals surface area contributed by atoms with E-state index in [9.17, 15) is 0 Å². The van der Waals surface area contributed by atoms with Crippen LogP contribution >= 0.6 is 0 Å². The number of anilines is 1. The van der Waals surface area contributed by atoms with Crippen LogP contribution < -0.4 is 5.32 Å². The molecule has 0 aromatic carbocycles. The zero-order valence-electron chi connectivity index (χ0n) is 12.4. The molecule has 0 fully saturated rings. The van der Waals surface area contributed by atoms with Crippen LogP contribution in [0, 0.1) is 11.5 Å². The highest BCUT2D eigenvalue weighted by Crippen LogP contribution is 2.07. The van der Waals surface area contributed by atoms with Crippen LogP contribution in [0.15, 0.2) is 30.7 Å². The zero-order chi connectivity index (χ0) is 14.6. The van der Waals surface area contributed by atoms with Crippen molar-refractivity contribution in [1.82, 2.24) is 14.8 Å². The number of aromatic nitrogens is 3. The van der Waals surface area contributed by atoms with Gasteiger partial charge in [-0.3, -0.25) is 9.67 Å². The molecule has 0 saturated carbocycles.